The summed E-state index contributed by atoms with van der Waals surface area (Å²) in [7, 11) is 0. The van der Waals surface area contributed by atoms with Crippen LogP contribution in [-0.2, 0) is 4.79 Å². The van der Waals surface area contributed by atoms with Crippen LogP contribution in [-0.4, -0.2) is 49.1 Å². The fourth-order valence-corrected chi connectivity index (χ4v) is 3.90. The van der Waals surface area contributed by atoms with Crippen LogP contribution < -0.4 is 15.1 Å². The van der Waals surface area contributed by atoms with E-state index in [4.69, 9.17) is 0 Å². The van der Waals surface area contributed by atoms with Crippen molar-refractivity contribution < 1.29 is 18.4 Å². The van der Waals surface area contributed by atoms with E-state index in [2.05, 4.69) is 5.32 Å². The molecule has 4 rings (SSSR count). The van der Waals surface area contributed by atoms with Crippen LogP contribution in [0.4, 0.5) is 30.6 Å². The standard InChI is InChI=1S/C21H22F2N4O2/c1-14(28)25-9-8-17(13-25)24-21(29)27-11-10-26(18-5-2-15(22)3-6-18)20-12-16(23)4-7-19(20)27/h2-7,12,17H,8-11,13H2,1H3,(H,24,29). The molecule has 0 aromatic heterocycles. The Morgan fingerprint density at radius 1 is 0.966 bits per heavy atom. The van der Waals surface area contributed by atoms with E-state index in [1.165, 1.54) is 31.2 Å². The third-order valence-electron chi connectivity index (χ3n) is 5.41. The van der Waals surface area contributed by atoms with E-state index in [1.54, 1.807) is 28.0 Å². The SMILES string of the molecule is CC(=O)N1CCC(NC(=O)N2CCN(c3ccc(F)cc3)c3cc(F)ccc32)C1. The molecule has 0 saturated carbocycles. The number of hydrogen-bond donors (Lipinski definition) is 1. The van der Waals surface area contributed by atoms with E-state index in [0.717, 1.165) is 5.69 Å². The van der Waals surface area contributed by atoms with Gasteiger partial charge in [-0.05, 0) is 48.9 Å². The van der Waals surface area contributed by atoms with Gasteiger partial charge in [0.2, 0.25) is 5.91 Å². The van der Waals surface area contributed by atoms with Crippen molar-refractivity contribution in [1.29, 1.82) is 0 Å². The Morgan fingerprint density at radius 2 is 1.69 bits per heavy atom. The van der Waals surface area contributed by atoms with Gasteiger partial charge in [0.1, 0.15) is 11.6 Å². The molecule has 2 aliphatic heterocycles. The van der Waals surface area contributed by atoms with E-state index >= 15 is 0 Å². The van der Waals surface area contributed by atoms with E-state index in [1.807, 2.05) is 4.90 Å². The van der Waals surface area contributed by atoms with E-state index in [9.17, 15) is 18.4 Å². The molecule has 8 heteroatoms. The Balaban J connectivity index is 1.56. The second-order valence-electron chi connectivity index (χ2n) is 7.31. The van der Waals surface area contributed by atoms with E-state index in [-0.39, 0.29) is 23.8 Å². The normalized spacial score (nSPS) is 18.6. The van der Waals surface area contributed by atoms with Crippen LogP contribution in [0.3, 0.4) is 0 Å². The minimum Gasteiger partial charge on any atom is -0.341 e. The van der Waals surface area contributed by atoms with Crippen LogP contribution in [0.1, 0.15) is 13.3 Å². The first kappa shape index (κ1) is 19.2. The first-order chi connectivity index (χ1) is 13.9. The molecule has 1 atom stereocenters. The van der Waals surface area contributed by atoms with Gasteiger partial charge >= 0.3 is 6.03 Å². The third-order valence-corrected chi connectivity index (χ3v) is 5.41. The molecule has 3 amide bonds. The lowest BCUT2D eigenvalue weighted by atomic mass is 10.1. The van der Waals surface area contributed by atoms with Crippen molar-refractivity contribution >= 4 is 29.0 Å². The summed E-state index contributed by atoms with van der Waals surface area (Å²) in [5.41, 5.74) is 1.86. The molecule has 1 saturated heterocycles. The van der Waals surface area contributed by atoms with Crippen molar-refractivity contribution in [2.75, 3.05) is 36.0 Å². The number of benzene rings is 2. The van der Waals surface area contributed by atoms with Gasteiger partial charge in [0.25, 0.3) is 0 Å². The minimum atomic E-state index is -0.411. The molecule has 2 aromatic carbocycles. The number of carbonyl (C=O) groups excluding carboxylic acids is 2. The highest BCUT2D eigenvalue weighted by Crippen LogP contribution is 2.38. The van der Waals surface area contributed by atoms with Crippen molar-refractivity contribution in [3.05, 3.63) is 54.1 Å². The molecule has 6 nitrogen and oxygen atoms in total. The van der Waals surface area contributed by atoms with Gasteiger partial charge in [-0.1, -0.05) is 0 Å². The van der Waals surface area contributed by atoms with Crippen molar-refractivity contribution in [3.63, 3.8) is 0 Å². The summed E-state index contributed by atoms with van der Waals surface area (Å²) in [6.07, 6.45) is 0.705. The second kappa shape index (κ2) is 7.69. The Kier molecular flexibility index (Phi) is 5.08. The molecule has 0 radical (unpaired) electrons. The van der Waals surface area contributed by atoms with Gasteiger partial charge in [-0.15, -0.1) is 0 Å². The third kappa shape index (κ3) is 3.87. The first-order valence-corrected chi connectivity index (χ1v) is 9.58. The summed E-state index contributed by atoms with van der Waals surface area (Å²) >= 11 is 0. The molecule has 2 aliphatic rings. The summed E-state index contributed by atoms with van der Waals surface area (Å²) in [5.74, 6) is -0.760. The number of likely N-dealkylation sites (tertiary alicyclic amines) is 1. The summed E-state index contributed by atoms with van der Waals surface area (Å²) < 4.78 is 27.3. The second-order valence-corrected chi connectivity index (χ2v) is 7.31. The maximum absolute atomic E-state index is 14.0. The summed E-state index contributed by atoms with van der Waals surface area (Å²) in [4.78, 5) is 29.6. The predicted molar refractivity (Wildman–Crippen MR) is 106 cm³/mol. The fraction of sp³-hybridized carbons (Fsp3) is 0.333. The monoisotopic (exact) mass is 400 g/mol. The zero-order valence-corrected chi connectivity index (χ0v) is 16.1. The summed E-state index contributed by atoms with van der Waals surface area (Å²) in [5, 5.41) is 2.98. The Labute approximate surface area is 167 Å². The number of urea groups is 1. The number of amides is 3. The first-order valence-electron chi connectivity index (χ1n) is 9.58. The van der Waals surface area contributed by atoms with Crippen LogP contribution in [0.25, 0.3) is 0 Å². The zero-order valence-electron chi connectivity index (χ0n) is 16.1. The molecule has 0 aliphatic carbocycles. The van der Waals surface area contributed by atoms with Crippen LogP contribution in [0.5, 0.6) is 0 Å². The maximum atomic E-state index is 14.0. The molecule has 1 fully saturated rings. The van der Waals surface area contributed by atoms with Gasteiger partial charge in [-0.3, -0.25) is 9.69 Å². The van der Waals surface area contributed by atoms with Crippen molar-refractivity contribution in [2.45, 2.75) is 19.4 Å². The van der Waals surface area contributed by atoms with Crippen molar-refractivity contribution in [3.8, 4) is 0 Å². The minimum absolute atomic E-state index is 0.00418. The number of fused-ring (bicyclic) bond motifs is 1. The molecule has 2 heterocycles. The lowest BCUT2D eigenvalue weighted by Gasteiger charge is -2.38. The number of nitrogens with zero attached hydrogens (tertiary/aromatic N) is 3. The Morgan fingerprint density at radius 3 is 2.38 bits per heavy atom. The smallest absolute Gasteiger partial charge is 0.322 e. The number of carbonyl (C=O) groups is 2. The van der Waals surface area contributed by atoms with Gasteiger partial charge in [0.15, 0.2) is 0 Å². The molecule has 152 valence electrons. The molecular formula is C21H22F2N4O2. The van der Waals surface area contributed by atoms with Crippen molar-refractivity contribution in [2.24, 2.45) is 0 Å². The number of halogens is 2. The molecule has 0 bridgehead atoms. The van der Waals surface area contributed by atoms with Gasteiger partial charge in [-0.25, -0.2) is 13.6 Å². The lowest BCUT2D eigenvalue weighted by molar-refractivity contribution is -0.127. The van der Waals surface area contributed by atoms with E-state index < -0.39 is 5.82 Å². The van der Waals surface area contributed by atoms with Crippen molar-refractivity contribution in [1.82, 2.24) is 10.2 Å². The Bertz CT molecular complexity index is 935. The number of rotatable bonds is 2. The number of anilines is 3. The molecule has 29 heavy (non-hydrogen) atoms. The maximum Gasteiger partial charge on any atom is 0.322 e. The lowest BCUT2D eigenvalue weighted by Crippen LogP contribution is -2.50. The molecule has 1 N–H and O–H groups in total. The number of nitrogens with one attached hydrogen (secondary N) is 1. The average Bonchev–Trinajstić information content (AvgIpc) is 3.16. The van der Waals surface area contributed by atoms with Gasteiger partial charge < -0.3 is 15.1 Å². The summed E-state index contributed by atoms with van der Waals surface area (Å²) in [6.45, 7) is 3.47. The zero-order chi connectivity index (χ0) is 20.5. The summed E-state index contributed by atoms with van der Waals surface area (Å²) in [6, 6.07) is 9.88. The highest BCUT2D eigenvalue weighted by Gasteiger charge is 2.31. The number of hydrogen-bond acceptors (Lipinski definition) is 3. The predicted octanol–water partition coefficient (Wildman–Crippen LogP) is 3.25. The van der Waals surface area contributed by atoms with Crippen LogP contribution in [0.15, 0.2) is 42.5 Å². The highest BCUT2D eigenvalue weighted by atomic mass is 19.1. The largest absolute Gasteiger partial charge is 0.341 e. The van der Waals surface area contributed by atoms with Gasteiger partial charge in [-0.2, -0.15) is 0 Å². The molecule has 1 unspecified atom stereocenters. The van der Waals surface area contributed by atoms with Crippen LogP contribution in [0.2, 0.25) is 0 Å². The average molecular weight is 400 g/mol. The van der Waals surface area contributed by atoms with Gasteiger partial charge in [0, 0.05) is 44.8 Å². The van der Waals surface area contributed by atoms with Gasteiger partial charge in [0.05, 0.1) is 11.4 Å². The topological polar surface area (TPSA) is 55.9 Å². The van der Waals surface area contributed by atoms with Crippen LogP contribution >= 0.6 is 0 Å². The fourth-order valence-electron chi connectivity index (χ4n) is 3.90. The highest BCUT2D eigenvalue weighted by molar-refractivity contribution is 5.98. The molecular weight excluding hydrogens is 378 g/mol. The quantitative estimate of drug-likeness (QED) is 0.842. The van der Waals surface area contributed by atoms with E-state index in [0.29, 0.717) is 44.0 Å². The molecule has 2 aromatic rings. The molecule has 0 spiro atoms. The Hall–Kier alpha value is -3.16. The van der Waals surface area contributed by atoms with Crippen LogP contribution in [0, 0.1) is 11.6 Å².